The monoisotopic (exact) mass is 536 g/mol. The maximum Gasteiger partial charge on any atom is 0.435 e. The van der Waals surface area contributed by atoms with Crippen LogP contribution in [-0.4, -0.2) is 28.5 Å². The molecule has 2 unspecified atom stereocenters. The Morgan fingerprint density at radius 2 is 1.86 bits per heavy atom. The number of benzene rings is 1. The lowest BCUT2D eigenvalue weighted by Gasteiger charge is -2.21. The molecule has 0 aliphatic heterocycles. The maximum atomic E-state index is 13.1. The quantitative estimate of drug-likeness (QED) is 0.167. The number of alkyl halides is 3. The van der Waals surface area contributed by atoms with Gasteiger partial charge in [-0.2, -0.15) is 18.3 Å². The standard InChI is InChI=1S/C28H39F3N4OS/c1-8-18(4)21(9-2)17-37-25-14-12-22(15-20(25)6)33-27(36)19(5)11-13-23(32-7)24-16-26(28(29,30)31)34-35(24)10-3/h11-16,18,21,32H,8-10,17H2,1-7H3,(H,33,36)/b19-11+,23-13-. The van der Waals surface area contributed by atoms with Crippen LogP contribution >= 0.6 is 11.8 Å². The van der Waals surface area contributed by atoms with E-state index in [4.69, 9.17) is 0 Å². The van der Waals surface area contributed by atoms with Crippen LogP contribution in [0.4, 0.5) is 18.9 Å². The number of aryl methyl sites for hydroxylation is 2. The number of carbonyl (C=O) groups excluding carboxylic acids is 1. The van der Waals surface area contributed by atoms with Gasteiger partial charge in [0, 0.05) is 35.5 Å². The molecule has 1 heterocycles. The molecule has 0 radical (unpaired) electrons. The minimum Gasteiger partial charge on any atom is -0.386 e. The molecule has 0 fully saturated rings. The fourth-order valence-electron chi connectivity index (χ4n) is 3.93. The Kier molecular flexibility index (Phi) is 11.3. The molecule has 2 aromatic rings. The van der Waals surface area contributed by atoms with E-state index in [0.717, 1.165) is 23.8 Å². The largest absolute Gasteiger partial charge is 0.435 e. The van der Waals surface area contributed by atoms with Gasteiger partial charge in [0.25, 0.3) is 5.91 Å². The molecule has 1 amide bonds. The van der Waals surface area contributed by atoms with E-state index in [1.165, 1.54) is 16.0 Å². The molecule has 0 bridgehead atoms. The number of thioether (sulfide) groups is 1. The van der Waals surface area contributed by atoms with Gasteiger partial charge in [-0.1, -0.05) is 39.7 Å². The van der Waals surface area contributed by atoms with Gasteiger partial charge in [0.15, 0.2) is 5.69 Å². The second kappa shape index (κ2) is 13.7. The molecule has 2 rings (SSSR count). The van der Waals surface area contributed by atoms with Crippen molar-refractivity contribution in [1.29, 1.82) is 0 Å². The number of nitrogens with zero attached hydrogens (tertiary/aromatic N) is 2. The number of hydrogen-bond donors (Lipinski definition) is 2. The zero-order chi connectivity index (χ0) is 27.8. The first-order valence-electron chi connectivity index (χ1n) is 12.7. The highest BCUT2D eigenvalue weighted by Crippen LogP contribution is 2.32. The minimum absolute atomic E-state index is 0.276. The summed E-state index contributed by atoms with van der Waals surface area (Å²) < 4.78 is 40.7. The fraction of sp³-hybridized carbons (Fsp3) is 0.500. The first-order chi connectivity index (χ1) is 17.4. The normalized spacial score (nSPS) is 14.4. The topological polar surface area (TPSA) is 59.0 Å². The van der Waals surface area contributed by atoms with Gasteiger partial charge >= 0.3 is 6.18 Å². The fourth-order valence-corrected chi connectivity index (χ4v) is 5.34. The van der Waals surface area contributed by atoms with E-state index in [0.29, 0.717) is 34.5 Å². The number of rotatable bonds is 12. The third-order valence-electron chi connectivity index (χ3n) is 6.63. The smallest absolute Gasteiger partial charge is 0.386 e. The van der Waals surface area contributed by atoms with Gasteiger partial charge < -0.3 is 10.6 Å². The summed E-state index contributed by atoms with van der Waals surface area (Å²) in [6.07, 6.45) is 0.979. The third-order valence-corrected chi connectivity index (χ3v) is 8.00. The first-order valence-corrected chi connectivity index (χ1v) is 13.7. The van der Waals surface area contributed by atoms with Gasteiger partial charge in [-0.15, -0.1) is 11.8 Å². The predicted octanol–water partition coefficient (Wildman–Crippen LogP) is 7.54. The minimum atomic E-state index is -4.53. The van der Waals surface area contributed by atoms with Crippen LogP contribution in [0.1, 0.15) is 64.4 Å². The number of allylic oxidation sites excluding steroid dienone is 2. The summed E-state index contributed by atoms with van der Waals surface area (Å²) in [5, 5.41) is 9.46. The predicted molar refractivity (Wildman–Crippen MR) is 147 cm³/mol. The van der Waals surface area contributed by atoms with Gasteiger partial charge in [-0.25, -0.2) is 0 Å². The van der Waals surface area contributed by atoms with E-state index in [-0.39, 0.29) is 12.5 Å². The number of anilines is 1. The Morgan fingerprint density at radius 3 is 2.41 bits per heavy atom. The Bertz CT molecular complexity index is 1120. The van der Waals surface area contributed by atoms with Crippen LogP contribution in [0.15, 0.2) is 46.9 Å². The van der Waals surface area contributed by atoms with Crippen LogP contribution in [0.25, 0.3) is 5.70 Å². The molecule has 37 heavy (non-hydrogen) atoms. The average Bonchev–Trinajstić information content (AvgIpc) is 3.30. The number of halogens is 3. The molecular weight excluding hydrogens is 497 g/mol. The Balaban J connectivity index is 2.13. The van der Waals surface area contributed by atoms with Crippen molar-refractivity contribution in [2.24, 2.45) is 11.8 Å². The van der Waals surface area contributed by atoms with Crippen molar-refractivity contribution in [2.45, 2.75) is 72.0 Å². The molecule has 0 aliphatic carbocycles. The summed E-state index contributed by atoms with van der Waals surface area (Å²) in [7, 11) is 1.61. The number of amides is 1. The molecule has 0 saturated heterocycles. The molecular formula is C28H39F3N4OS. The number of nitrogens with one attached hydrogen (secondary N) is 2. The van der Waals surface area contributed by atoms with Crippen LogP contribution < -0.4 is 10.6 Å². The lowest BCUT2D eigenvalue weighted by Crippen LogP contribution is -2.14. The van der Waals surface area contributed by atoms with Crippen LogP contribution in [0.2, 0.25) is 0 Å². The van der Waals surface area contributed by atoms with E-state index >= 15 is 0 Å². The molecule has 2 N–H and O–H groups in total. The van der Waals surface area contributed by atoms with Crippen molar-refractivity contribution in [2.75, 3.05) is 18.1 Å². The molecule has 9 heteroatoms. The van der Waals surface area contributed by atoms with Crippen molar-refractivity contribution in [3.63, 3.8) is 0 Å². The molecule has 0 saturated carbocycles. The van der Waals surface area contributed by atoms with Crippen molar-refractivity contribution in [3.8, 4) is 0 Å². The van der Waals surface area contributed by atoms with Crippen LogP contribution in [0, 0.1) is 18.8 Å². The third kappa shape index (κ3) is 8.42. The van der Waals surface area contributed by atoms with Crippen molar-refractivity contribution in [1.82, 2.24) is 15.1 Å². The number of aromatic nitrogens is 2. The van der Waals surface area contributed by atoms with E-state index in [2.05, 4.69) is 36.5 Å². The van der Waals surface area contributed by atoms with Gasteiger partial charge in [0.05, 0.1) is 11.4 Å². The highest BCUT2D eigenvalue weighted by Gasteiger charge is 2.35. The van der Waals surface area contributed by atoms with Crippen molar-refractivity contribution >= 4 is 29.1 Å². The van der Waals surface area contributed by atoms with E-state index in [1.807, 2.05) is 36.9 Å². The lowest BCUT2D eigenvalue weighted by molar-refractivity contribution is -0.141. The van der Waals surface area contributed by atoms with Crippen LogP contribution in [-0.2, 0) is 17.5 Å². The Labute approximate surface area is 223 Å². The molecule has 1 aromatic heterocycles. The van der Waals surface area contributed by atoms with Crippen molar-refractivity contribution < 1.29 is 18.0 Å². The molecule has 5 nitrogen and oxygen atoms in total. The maximum absolute atomic E-state index is 13.1. The van der Waals surface area contributed by atoms with Crippen molar-refractivity contribution in [3.05, 3.63) is 58.9 Å². The molecule has 2 atom stereocenters. The molecule has 1 aromatic carbocycles. The molecule has 0 spiro atoms. The van der Waals surface area contributed by atoms with Gasteiger partial charge in [0.1, 0.15) is 0 Å². The highest BCUT2D eigenvalue weighted by molar-refractivity contribution is 7.99. The molecule has 0 aliphatic rings. The summed E-state index contributed by atoms with van der Waals surface area (Å²) in [6, 6.07) is 6.91. The summed E-state index contributed by atoms with van der Waals surface area (Å²) >= 11 is 1.86. The SMILES string of the molecule is CCC(C)C(CC)CSc1ccc(NC(=O)/C(C)=C/C=C(\NC)c2cc(C(F)(F)F)nn2CC)cc1C. The van der Waals surface area contributed by atoms with Crippen LogP contribution in [0.3, 0.4) is 0 Å². The van der Waals surface area contributed by atoms with Gasteiger partial charge in [-0.3, -0.25) is 9.48 Å². The highest BCUT2D eigenvalue weighted by atomic mass is 32.2. The zero-order valence-electron chi connectivity index (χ0n) is 22.8. The van der Waals surface area contributed by atoms with Crippen LogP contribution in [0.5, 0.6) is 0 Å². The second-order valence-electron chi connectivity index (χ2n) is 9.21. The van der Waals surface area contributed by atoms with E-state index < -0.39 is 11.9 Å². The zero-order valence-corrected chi connectivity index (χ0v) is 23.6. The van der Waals surface area contributed by atoms with E-state index in [9.17, 15) is 18.0 Å². The summed E-state index contributed by atoms with van der Waals surface area (Å²) in [4.78, 5) is 14.0. The first kappa shape index (κ1) is 30.5. The lowest BCUT2D eigenvalue weighted by atomic mass is 9.91. The summed E-state index contributed by atoms with van der Waals surface area (Å²) in [5.74, 6) is 2.15. The number of carbonyl (C=O) groups is 1. The van der Waals surface area contributed by atoms with Gasteiger partial charge in [0.2, 0.25) is 0 Å². The summed E-state index contributed by atoms with van der Waals surface area (Å²) in [6.45, 7) is 12.5. The average molecular weight is 537 g/mol. The number of hydrogen-bond acceptors (Lipinski definition) is 4. The second-order valence-corrected chi connectivity index (χ2v) is 10.3. The molecule has 204 valence electrons. The summed E-state index contributed by atoms with van der Waals surface area (Å²) in [5.41, 5.74) is 1.99. The van der Waals surface area contributed by atoms with Gasteiger partial charge in [-0.05, 0) is 68.5 Å². The Hall–Kier alpha value is -2.68. The Morgan fingerprint density at radius 1 is 1.16 bits per heavy atom. The van der Waals surface area contributed by atoms with E-state index in [1.54, 1.807) is 33.0 Å².